The molecule has 0 aliphatic carbocycles. The van der Waals surface area contributed by atoms with Crippen LogP contribution in [0, 0.1) is 11.3 Å². The number of hydrogen-bond donors (Lipinski definition) is 1. The summed E-state index contributed by atoms with van der Waals surface area (Å²) in [6.45, 7) is 4.23. The zero-order valence-corrected chi connectivity index (χ0v) is 20.5. The van der Waals surface area contributed by atoms with Gasteiger partial charge in [-0.3, -0.25) is 4.90 Å². The van der Waals surface area contributed by atoms with Gasteiger partial charge in [0.1, 0.15) is 5.60 Å². The van der Waals surface area contributed by atoms with Gasteiger partial charge in [-0.15, -0.1) is 0 Å². The number of benzene rings is 2. The number of β-amino-alcohol motifs (C(OH)–C–C–N with tert-alkyl or cyclic N) is 1. The van der Waals surface area contributed by atoms with E-state index in [4.69, 9.17) is 27.9 Å². The van der Waals surface area contributed by atoms with Crippen molar-refractivity contribution in [3.05, 3.63) is 81.6 Å². The lowest BCUT2D eigenvalue weighted by molar-refractivity contribution is 0.00964. The second kappa shape index (κ2) is 10.2. The Kier molecular flexibility index (Phi) is 7.24. The first-order chi connectivity index (χ1) is 16.3. The number of anilines is 1. The molecular weight excluding hydrogens is 473 g/mol. The summed E-state index contributed by atoms with van der Waals surface area (Å²) in [6, 6.07) is 15.5. The highest BCUT2D eigenvalue weighted by Crippen LogP contribution is 2.37. The predicted molar refractivity (Wildman–Crippen MR) is 132 cm³/mol. The average molecular weight is 498 g/mol. The Morgan fingerprint density at radius 1 is 1.15 bits per heavy atom. The number of ether oxygens (including phenoxy) is 1. The number of halogens is 2. The van der Waals surface area contributed by atoms with Crippen molar-refractivity contribution in [2.75, 3.05) is 38.2 Å². The summed E-state index contributed by atoms with van der Waals surface area (Å²) < 4.78 is 5.02. The van der Waals surface area contributed by atoms with Gasteiger partial charge in [-0.25, -0.2) is 9.97 Å². The summed E-state index contributed by atoms with van der Waals surface area (Å²) in [7, 11) is 1.50. The van der Waals surface area contributed by atoms with Crippen molar-refractivity contribution in [3.8, 4) is 12.1 Å². The van der Waals surface area contributed by atoms with Crippen molar-refractivity contribution in [3.63, 3.8) is 0 Å². The van der Waals surface area contributed by atoms with Crippen molar-refractivity contribution in [2.45, 2.75) is 18.6 Å². The highest BCUT2D eigenvalue weighted by atomic mass is 35.5. The van der Waals surface area contributed by atoms with E-state index in [0.717, 1.165) is 11.3 Å². The monoisotopic (exact) mass is 497 g/mol. The fraction of sp³-hybridized carbons (Fsp3) is 0.320. The van der Waals surface area contributed by atoms with Crippen LogP contribution in [0.4, 0.5) is 5.69 Å². The summed E-state index contributed by atoms with van der Waals surface area (Å²) >= 11 is 12.7. The van der Waals surface area contributed by atoms with Gasteiger partial charge in [0.25, 0.3) is 0 Å². The molecule has 1 aliphatic heterocycles. The number of aliphatic hydroxyl groups is 1. The SMILES string of the molecule is COc1ncc([C@](C)(O)CN2CCN(c3ccc(C#N)cc3Cl)[C@H](c3ccc(Cl)cc3)C2)cn1. The second-order valence-corrected chi connectivity index (χ2v) is 9.35. The lowest BCUT2D eigenvalue weighted by Gasteiger charge is -2.45. The van der Waals surface area contributed by atoms with Crippen molar-refractivity contribution in [1.82, 2.24) is 14.9 Å². The van der Waals surface area contributed by atoms with Gasteiger partial charge in [0.2, 0.25) is 0 Å². The van der Waals surface area contributed by atoms with Crippen LogP contribution in [0.15, 0.2) is 54.9 Å². The Hall–Kier alpha value is -2.89. The minimum Gasteiger partial charge on any atom is -0.467 e. The van der Waals surface area contributed by atoms with Gasteiger partial charge in [-0.05, 0) is 42.8 Å². The number of aromatic nitrogens is 2. The first-order valence-electron chi connectivity index (χ1n) is 10.8. The van der Waals surface area contributed by atoms with Crippen molar-refractivity contribution >= 4 is 28.9 Å². The molecule has 0 spiro atoms. The minimum absolute atomic E-state index is 0.0284. The Morgan fingerprint density at radius 2 is 1.85 bits per heavy atom. The largest absolute Gasteiger partial charge is 0.467 e. The van der Waals surface area contributed by atoms with Gasteiger partial charge < -0.3 is 14.7 Å². The number of nitriles is 1. The molecule has 0 unspecified atom stereocenters. The molecule has 1 N–H and O–H groups in total. The zero-order chi connectivity index (χ0) is 24.3. The summed E-state index contributed by atoms with van der Waals surface area (Å²) in [4.78, 5) is 12.7. The molecular formula is C25H25Cl2N5O2. The van der Waals surface area contributed by atoms with E-state index >= 15 is 0 Å². The summed E-state index contributed by atoms with van der Waals surface area (Å²) in [5, 5.41) is 21.6. The molecule has 176 valence electrons. The molecule has 0 saturated carbocycles. The van der Waals surface area contributed by atoms with Gasteiger partial charge in [0, 0.05) is 49.2 Å². The van der Waals surface area contributed by atoms with Crippen LogP contribution in [0.5, 0.6) is 6.01 Å². The van der Waals surface area contributed by atoms with Crippen LogP contribution in [0.1, 0.15) is 29.7 Å². The van der Waals surface area contributed by atoms with E-state index in [1.165, 1.54) is 7.11 Å². The first kappa shape index (κ1) is 24.2. The maximum Gasteiger partial charge on any atom is 0.316 e. The normalized spacial score (nSPS) is 18.2. The molecule has 4 rings (SSSR count). The fourth-order valence-electron chi connectivity index (χ4n) is 4.28. The molecule has 2 aromatic carbocycles. The van der Waals surface area contributed by atoms with E-state index in [1.807, 2.05) is 30.3 Å². The number of nitrogens with zero attached hydrogens (tertiary/aromatic N) is 5. The van der Waals surface area contributed by atoms with E-state index in [-0.39, 0.29) is 12.1 Å². The minimum atomic E-state index is -1.15. The van der Waals surface area contributed by atoms with Crippen LogP contribution >= 0.6 is 23.2 Å². The molecule has 7 nitrogen and oxygen atoms in total. The predicted octanol–water partition coefficient (Wildman–Crippen LogP) is 4.43. The second-order valence-electron chi connectivity index (χ2n) is 8.51. The standard InChI is InChI=1S/C25H25Cl2N5O2/c1-25(33,19-13-29-24(34-2)30-14-19)16-31-9-10-32(22-8-3-17(12-28)11-21(22)27)23(15-31)18-4-6-20(26)7-5-18/h3-8,11,13-14,23,33H,9-10,15-16H2,1-2H3/t23-,25+/m0/s1. The number of rotatable bonds is 6. The van der Waals surface area contributed by atoms with E-state index in [1.54, 1.807) is 31.5 Å². The third kappa shape index (κ3) is 5.26. The number of methoxy groups -OCH3 is 1. The maximum atomic E-state index is 11.2. The molecule has 9 heteroatoms. The van der Waals surface area contributed by atoms with Crippen LogP contribution < -0.4 is 9.64 Å². The highest BCUT2D eigenvalue weighted by Gasteiger charge is 2.34. The molecule has 0 amide bonds. The Bertz CT molecular complexity index is 1180. The van der Waals surface area contributed by atoms with Gasteiger partial charge in [0.15, 0.2) is 0 Å². The van der Waals surface area contributed by atoms with Crippen LogP contribution in [0.2, 0.25) is 10.0 Å². The topological polar surface area (TPSA) is 85.5 Å². The third-order valence-corrected chi connectivity index (χ3v) is 6.62. The van der Waals surface area contributed by atoms with Gasteiger partial charge in [-0.2, -0.15) is 5.26 Å². The van der Waals surface area contributed by atoms with Crippen LogP contribution in [0.3, 0.4) is 0 Å². The molecule has 1 saturated heterocycles. The van der Waals surface area contributed by atoms with E-state index < -0.39 is 5.60 Å². The molecule has 2 heterocycles. The lowest BCUT2D eigenvalue weighted by Crippen LogP contribution is -2.52. The van der Waals surface area contributed by atoms with Crippen molar-refractivity contribution in [2.24, 2.45) is 0 Å². The summed E-state index contributed by atoms with van der Waals surface area (Å²) in [5.74, 6) is 0. The average Bonchev–Trinajstić information content (AvgIpc) is 2.84. The zero-order valence-electron chi connectivity index (χ0n) is 18.9. The Balaban J connectivity index is 1.60. The molecule has 1 fully saturated rings. The number of piperazine rings is 1. The van der Waals surface area contributed by atoms with Crippen molar-refractivity contribution in [1.29, 1.82) is 5.26 Å². The molecule has 0 radical (unpaired) electrons. The lowest BCUT2D eigenvalue weighted by atomic mass is 9.96. The van der Waals surface area contributed by atoms with Crippen LogP contribution in [0.25, 0.3) is 0 Å². The third-order valence-electron chi connectivity index (χ3n) is 6.07. The van der Waals surface area contributed by atoms with Gasteiger partial charge >= 0.3 is 6.01 Å². The quantitative estimate of drug-likeness (QED) is 0.538. The molecule has 1 aliphatic rings. The van der Waals surface area contributed by atoms with Gasteiger partial charge in [0.05, 0.1) is 35.5 Å². The first-order valence-corrected chi connectivity index (χ1v) is 11.6. The Morgan fingerprint density at radius 3 is 2.47 bits per heavy atom. The smallest absolute Gasteiger partial charge is 0.316 e. The number of hydrogen-bond acceptors (Lipinski definition) is 7. The Labute approximate surface area is 209 Å². The van der Waals surface area contributed by atoms with Gasteiger partial charge in [-0.1, -0.05) is 35.3 Å². The van der Waals surface area contributed by atoms with Crippen molar-refractivity contribution < 1.29 is 9.84 Å². The maximum absolute atomic E-state index is 11.2. The fourth-order valence-corrected chi connectivity index (χ4v) is 4.69. The molecule has 2 atom stereocenters. The van der Waals surface area contributed by atoms with Crippen LogP contribution in [-0.4, -0.2) is 53.3 Å². The molecule has 34 heavy (non-hydrogen) atoms. The van der Waals surface area contributed by atoms with Crippen LogP contribution in [-0.2, 0) is 5.60 Å². The highest BCUT2D eigenvalue weighted by molar-refractivity contribution is 6.33. The summed E-state index contributed by atoms with van der Waals surface area (Å²) in [5.41, 5.74) is 1.95. The molecule has 1 aromatic heterocycles. The molecule has 3 aromatic rings. The summed E-state index contributed by atoms with van der Waals surface area (Å²) in [6.07, 6.45) is 3.19. The van der Waals surface area contributed by atoms with E-state index in [9.17, 15) is 10.4 Å². The van der Waals surface area contributed by atoms with E-state index in [0.29, 0.717) is 47.4 Å². The van der Waals surface area contributed by atoms with E-state index in [2.05, 4.69) is 25.8 Å². The molecule has 0 bridgehead atoms.